The summed E-state index contributed by atoms with van der Waals surface area (Å²) < 4.78 is 0.833. The highest BCUT2D eigenvalue weighted by Crippen LogP contribution is 2.14. The number of rotatable bonds is 2. The number of aromatic nitrogens is 1. The molecule has 2 heterocycles. The minimum Gasteiger partial charge on any atom is -0.357 e. The first-order chi connectivity index (χ1) is 6.31. The van der Waals surface area contributed by atoms with Crippen LogP contribution in [0.1, 0.15) is 19.0 Å². The van der Waals surface area contributed by atoms with Gasteiger partial charge in [0.2, 0.25) is 0 Å². The number of pyridine rings is 1. The van der Waals surface area contributed by atoms with Gasteiger partial charge in [-0.2, -0.15) is 0 Å². The third-order valence-electron chi connectivity index (χ3n) is 2.01. The van der Waals surface area contributed by atoms with Crippen molar-refractivity contribution in [2.45, 2.75) is 19.8 Å². The summed E-state index contributed by atoms with van der Waals surface area (Å²) in [5, 5.41) is 1.94. The van der Waals surface area contributed by atoms with Crippen molar-refractivity contribution in [2.75, 3.05) is 0 Å². The highest BCUT2D eigenvalue weighted by molar-refractivity contribution is 7.17. The zero-order valence-electron chi connectivity index (χ0n) is 7.46. The molecule has 2 rings (SSSR count). The minimum atomic E-state index is 0.146. The Kier molecular flexibility index (Phi) is 2.19. The normalized spacial score (nSPS) is 10.8. The average Bonchev–Trinajstić information content (AvgIpc) is 2.53. The van der Waals surface area contributed by atoms with E-state index in [1.54, 1.807) is 6.07 Å². The summed E-state index contributed by atoms with van der Waals surface area (Å²) in [5.74, 6) is 0. The van der Waals surface area contributed by atoms with Gasteiger partial charge in [-0.25, -0.2) is 0 Å². The molecule has 68 valence electrons. The molecule has 2 aromatic heterocycles. The van der Waals surface area contributed by atoms with E-state index in [0.717, 1.165) is 28.8 Å². The SMILES string of the molecule is CCCc1cc(=O)c2sccc2[nH]1. The maximum Gasteiger partial charge on any atom is 0.199 e. The molecule has 2 nitrogen and oxygen atoms in total. The van der Waals surface area contributed by atoms with Crippen LogP contribution in [0.3, 0.4) is 0 Å². The molecular formula is C10H11NOS. The minimum absolute atomic E-state index is 0.146. The largest absolute Gasteiger partial charge is 0.357 e. The predicted octanol–water partition coefficient (Wildman–Crippen LogP) is 2.54. The van der Waals surface area contributed by atoms with Gasteiger partial charge in [-0.15, -0.1) is 11.3 Å². The fourth-order valence-corrected chi connectivity index (χ4v) is 2.20. The number of fused-ring (bicyclic) bond motifs is 1. The molecule has 0 aliphatic rings. The van der Waals surface area contributed by atoms with Gasteiger partial charge >= 0.3 is 0 Å². The number of hydrogen-bond acceptors (Lipinski definition) is 2. The molecule has 1 N–H and O–H groups in total. The molecule has 2 aromatic rings. The predicted molar refractivity (Wildman–Crippen MR) is 56.4 cm³/mol. The van der Waals surface area contributed by atoms with Crippen LogP contribution in [-0.2, 0) is 6.42 Å². The van der Waals surface area contributed by atoms with E-state index in [1.165, 1.54) is 11.3 Å². The van der Waals surface area contributed by atoms with E-state index in [1.807, 2.05) is 11.4 Å². The third kappa shape index (κ3) is 1.52. The fourth-order valence-electron chi connectivity index (χ4n) is 1.44. The second-order valence-corrected chi connectivity index (χ2v) is 3.99. The summed E-state index contributed by atoms with van der Waals surface area (Å²) in [7, 11) is 0. The van der Waals surface area contributed by atoms with E-state index >= 15 is 0 Å². The van der Waals surface area contributed by atoms with Crippen LogP contribution in [0.15, 0.2) is 22.3 Å². The lowest BCUT2D eigenvalue weighted by molar-refractivity contribution is 0.888. The number of aromatic amines is 1. The summed E-state index contributed by atoms with van der Waals surface area (Å²) in [5.41, 5.74) is 2.16. The number of nitrogens with one attached hydrogen (secondary N) is 1. The zero-order chi connectivity index (χ0) is 9.26. The maximum atomic E-state index is 11.5. The first-order valence-electron chi connectivity index (χ1n) is 4.40. The van der Waals surface area contributed by atoms with Gasteiger partial charge in [0.05, 0.1) is 10.2 Å². The van der Waals surface area contributed by atoms with Crippen molar-refractivity contribution in [1.82, 2.24) is 4.98 Å². The molecule has 0 aromatic carbocycles. The molecule has 0 amide bonds. The lowest BCUT2D eigenvalue weighted by atomic mass is 10.2. The number of H-pyrrole nitrogens is 1. The van der Waals surface area contributed by atoms with Crippen LogP contribution >= 0.6 is 11.3 Å². The van der Waals surface area contributed by atoms with Crippen molar-refractivity contribution in [3.8, 4) is 0 Å². The molecule has 0 saturated carbocycles. The Morgan fingerprint density at radius 1 is 1.54 bits per heavy atom. The van der Waals surface area contributed by atoms with Crippen LogP contribution < -0.4 is 5.43 Å². The molecule has 0 fully saturated rings. The Morgan fingerprint density at radius 3 is 3.15 bits per heavy atom. The summed E-state index contributed by atoms with van der Waals surface area (Å²) in [6.45, 7) is 2.11. The Balaban J connectivity index is 2.63. The van der Waals surface area contributed by atoms with Gasteiger partial charge in [-0.05, 0) is 17.9 Å². The van der Waals surface area contributed by atoms with Gasteiger partial charge in [0.15, 0.2) is 5.43 Å². The van der Waals surface area contributed by atoms with E-state index in [2.05, 4.69) is 11.9 Å². The Labute approximate surface area is 80.2 Å². The lowest BCUT2D eigenvalue weighted by Crippen LogP contribution is -2.02. The molecule has 3 heteroatoms. The van der Waals surface area contributed by atoms with Crippen LogP contribution in [0.4, 0.5) is 0 Å². The molecule has 13 heavy (non-hydrogen) atoms. The van der Waals surface area contributed by atoms with Gasteiger partial charge in [0, 0.05) is 11.8 Å². The Morgan fingerprint density at radius 2 is 2.38 bits per heavy atom. The van der Waals surface area contributed by atoms with Crippen molar-refractivity contribution < 1.29 is 0 Å². The molecule has 0 radical (unpaired) electrons. The average molecular weight is 193 g/mol. The van der Waals surface area contributed by atoms with Crippen LogP contribution in [0, 0.1) is 0 Å². The van der Waals surface area contributed by atoms with Crippen molar-refractivity contribution in [2.24, 2.45) is 0 Å². The summed E-state index contributed by atoms with van der Waals surface area (Å²) in [6, 6.07) is 3.67. The van der Waals surface area contributed by atoms with Crippen molar-refractivity contribution in [1.29, 1.82) is 0 Å². The van der Waals surface area contributed by atoms with Crippen molar-refractivity contribution in [3.05, 3.63) is 33.4 Å². The topological polar surface area (TPSA) is 32.9 Å². The Hall–Kier alpha value is -1.09. The fraction of sp³-hybridized carbons (Fsp3) is 0.300. The van der Waals surface area contributed by atoms with Gasteiger partial charge in [-0.3, -0.25) is 4.79 Å². The second kappa shape index (κ2) is 3.34. The molecule has 0 bridgehead atoms. The highest BCUT2D eigenvalue weighted by Gasteiger charge is 2.01. The van der Waals surface area contributed by atoms with Crippen molar-refractivity contribution >= 4 is 21.6 Å². The van der Waals surface area contributed by atoms with Crippen LogP contribution in [0.25, 0.3) is 10.2 Å². The lowest BCUT2D eigenvalue weighted by Gasteiger charge is -1.98. The van der Waals surface area contributed by atoms with Crippen LogP contribution in [0.5, 0.6) is 0 Å². The van der Waals surface area contributed by atoms with Crippen LogP contribution in [0.2, 0.25) is 0 Å². The third-order valence-corrected chi connectivity index (χ3v) is 2.94. The summed E-state index contributed by atoms with van der Waals surface area (Å²) in [6.07, 6.45) is 2.01. The Bertz CT molecular complexity index is 469. The van der Waals surface area contributed by atoms with E-state index < -0.39 is 0 Å². The molecular weight excluding hydrogens is 182 g/mol. The van der Waals surface area contributed by atoms with Crippen LogP contribution in [-0.4, -0.2) is 4.98 Å². The monoisotopic (exact) mass is 193 g/mol. The number of aryl methyl sites for hydroxylation is 1. The molecule has 0 atom stereocenters. The quantitative estimate of drug-likeness (QED) is 0.781. The first-order valence-corrected chi connectivity index (χ1v) is 5.28. The first kappa shape index (κ1) is 8.51. The summed E-state index contributed by atoms with van der Waals surface area (Å²) >= 11 is 1.50. The zero-order valence-corrected chi connectivity index (χ0v) is 8.28. The van der Waals surface area contributed by atoms with Gasteiger partial charge < -0.3 is 4.98 Å². The van der Waals surface area contributed by atoms with Gasteiger partial charge in [-0.1, -0.05) is 13.3 Å². The van der Waals surface area contributed by atoms with Crippen molar-refractivity contribution in [3.63, 3.8) is 0 Å². The second-order valence-electron chi connectivity index (χ2n) is 3.07. The van der Waals surface area contributed by atoms with Gasteiger partial charge in [0.1, 0.15) is 0 Å². The van der Waals surface area contributed by atoms with E-state index in [-0.39, 0.29) is 5.43 Å². The standard InChI is InChI=1S/C10H11NOS/c1-2-3-7-6-9(12)10-8(11-7)4-5-13-10/h4-6H,2-3H2,1H3,(H,11,12). The highest BCUT2D eigenvalue weighted by atomic mass is 32.1. The van der Waals surface area contributed by atoms with Gasteiger partial charge in [0.25, 0.3) is 0 Å². The number of hydrogen-bond donors (Lipinski definition) is 1. The molecule has 0 spiro atoms. The van der Waals surface area contributed by atoms with E-state index in [9.17, 15) is 4.79 Å². The maximum absolute atomic E-state index is 11.5. The smallest absolute Gasteiger partial charge is 0.199 e. The van der Waals surface area contributed by atoms with E-state index in [0.29, 0.717) is 0 Å². The summed E-state index contributed by atoms with van der Waals surface area (Å²) in [4.78, 5) is 14.8. The molecule has 0 saturated heterocycles. The number of thiophene rings is 1. The van der Waals surface area contributed by atoms with E-state index in [4.69, 9.17) is 0 Å². The molecule has 0 aliphatic heterocycles. The molecule has 0 aliphatic carbocycles. The molecule has 0 unspecified atom stereocenters.